The predicted octanol–water partition coefficient (Wildman–Crippen LogP) is -3.51. The molecule has 1 aromatic heterocycles. The van der Waals surface area contributed by atoms with E-state index < -0.39 is 49.0 Å². The number of rotatable bonds is 6. The lowest BCUT2D eigenvalue weighted by Gasteiger charge is -2.31. The highest BCUT2D eigenvalue weighted by Crippen LogP contribution is 2.48. The van der Waals surface area contributed by atoms with Gasteiger partial charge in [-0.1, -0.05) is 0 Å². The monoisotopic (exact) mass is 376 g/mol. The molecule has 0 bridgehead atoms. The van der Waals surface area contributed by atoms with Crippen LogP contribution in [0.2, 0.25) is 0 Å². The minimum atomic E-state index is -4.43. The molecule has 0 saturated carbocycles. The molecule has 1 aromatic rings. The second-order valence-corrected chi connectivity index (χ2v) is 7.55. The van der Waals surface area contributed by atoms with Crippen LogP contribution in [-0.2, 0) is 23.1 Å². The molecule has 1 saturated heterocycles. The van der Waals surface area contributed by atoms with Crippen LogP contribution in [0.4, 0.5) is 0 Å². The van der Waals surface area contributed by atoms with Crippen LogP contribution >= 0.6 is 7.82 Å². The minimum Gasteiger partial charge on any atom is -0.405 e. The quantitative estimate of drug-likeness (QED) is 0.340. The van der Waals surface area contributed by atoms with Crippen molar-refractivity contribution in [3.8, 4) is 0 Å². The summed E-state index contributed by atoms with van der Waals surface area (Å²) in [6, 6.07) is 1.11. The number of hydrogen-bond donors (Lipinski definition) is 3. The predicted molar refractivity (Wildman–Crippen MR) is 89.8 cm³/mol. The molecule has 11 nitrogen and oxygen atoms in total. The fourth-order valence-electron chi connectivity index (χ4n) is 2.62. The van der Waals surface area contributed by atoms with Crippen LogP contribution in [-0.4, -0.2) is 73.2 Å². The number of hydrogen-bond acceptors (Lipinski definition) is 8. The lowest BCUT2D eigenvalue weighted by atomic mass is 9.61. The Hall–Kier alpha value is -1.20. The zero-order valence-corrected chi connectivity index (χ0v) is 15.0. The highest BCUT2D eigenvalue weighted by atomic mass is 31.2. The molecule has 0 aromatic carbocycles. The summed E-state index contributed by atoms with van der Waals surface area (Å²) in [6.07, 6.45) is -3.33. The second-order valence-electron chi connectivity index (χ2n) is 6.04. The van der Waals surface area contributed by atoms with Crippen LogP contribution in [0.5, 0.6) is 0 Å². The van der Waals surface area contributed by atoms with Gasteiger partial charge in [-0.3, -0.25) is 23.4 Å². The minimum absolute atomic E-state index is 0.598. The first-order chi connectivity index (χ1) is 11.5. The van der Waals surface area contributed by atoms with Crippen LogP contribution in [0.3, 0.4) is 0 Å². The second kappa shape index (κ2) is 7.20. The number of phosphoric acid groups is 1. The average Bonchev–Trinajstić information content (AvgIpc) is 2.85. The maximum absolute atomic E-state index is 12.0. The Balaban J connectivity index is 2.48. The number of nitrogens with zero attached hydrogens (tertiary/aromatic N) is 1. The number of phosphoric ester groups is 1. The van der Waals surface area contributed by atoms with Crippen molar-refractivity contribution in [1.29, 1.82) is 0 Å². The van der Waals surface area contributed by atoms with Crippen molar-refractivity contribution in [2.24, 2.45) is 0 Å². The molecule has 1 aliphatic heterocycles. The first-order valence-corrected chi connectivity index (χ1v) is 8.79. The van der Waals surface area contributed by atoms with Gasteiger partial charge in [0.2, 0.25) is 0 Å². The Bertz CT molecular complexity index is 776. The van der Waals surface area contributed by atoms with E-state index in [0.29, 0.717) is 0 Å². The van der Waals surface area contributed by atoms with E-state index in [1.807, 2.05) is 0 Å². The van der Waals surface area contributed by atoms with E-state index >= 15 is 0 Å². The van der Waals surface area contributed by atoms with Gasteiger partial charge in [-0.15, -0.1) is 0 Å². The van der Waals surface area contributed by atoms with Crippen molar-refractivity contribution in [2.75, 3.05) is 14.2 Å². The Labute approximate surface area is 144 Å². The molecule has 1 fully saturated rings. The zero-order valence-electron chi connectivity index (χ0n) is 14.1. The fraction of sp³-hybridized carbons (Fsp3) is 0.636. The van der Waals surface area contributed by atoms with Gasteiger partial charge in [-0.2, -0.15) is 0 Å². The maximum atomic E-state index is 12.0. The number of aromatic amines is 1. The summed E-state index contributed by atoms with van der Waals surface area (Å²) in [6.45, 7) is 0. The van der Waals surface area contributed by atoms with E-state index in [-0.39, 0.29) is 0 Å². The highest BCUT2D eigenvalue weighted by molar-refractivity contribution is 7.47. The molecule has 0 spiro atoms. The molecule has 0 radical (unpaired) electrons. The van der Waals surface area contributed by atoms with Crippen molar-refractivity contribution >= 4 is 23.5 Å². The molecule has 1 aliphatic rings. The van der Waals surface area contributed by atoms with Gasteiger partial charge in [0.15, 0.2) is 6.23 Å². The number of methoxy groups -OCH3 is 1. The molecule has 2 heterocycles. The van der Waals surface area contributed by atoms with E-state index in [0.717, 1.165) is 17.7 Å². The summed E-state index contributed by atoms with van der Waals surface area (Å²) in [5, 5.41) is 8.83. The van der Waals surface area contributed by atoms with Crippen molar-refractivity contribution < 1.29 is 33.1 Å². The fourth-order valence-corrected chi connectivity index (χ4v) is 3.25. The van der Waals surface area contributed by atoms with E-state index in [1.54, 1.807) is 0 Å². The molecule has 25 heavy (non-hydrogen) atoms. The third kappa shape index (κ3) is 4.32. The molecule has 5 atom stereocenters. The summed E-state index contributed by atoms with van der Waals surface area (Å²) in [5.41, 5.74) is -1.37. The van der Waals surface area contributed by atoms with E-state index in [2.05, 4.69) is 9.51 Å². The Morgan fingerprint density at radius 2 is 2.00 bits per heavy atom. The largest absolute Gasteiger partial charge is 0.472 e. The Morgan fingerprint density at radius 3 is 2.48 bits per heavy atom. The summed E-state index contributed by atoms with van der Waals surface area (Å²) >= 11 is 0. The molecule has 0 amide bonds. The molecular formula is C11H19B2N2O9P. The average molecular weight is 376 g/mol. The molecule has 3 N–H and O–H groups in total. The SMILES string of the molecule is BC(B)(O)C1OC(n2ccc(=O)[nH]c2=O)C(OC)C1OP(=O)(O)OC. The molecule has 5 unspecified atom stereocenters. The topological polar surface area (TPSA) is 149 Å². The zero-order chi connectivity index (χ0) is 19.0. The summed E-state index contributed by atoms with van der Waals surface area (Å²) in [7, 11) is 0.662. The maximum Gasteiger partial charge on any atom is 0.472 e. The summed E-state index contributed by atoms with van der Waals surface area (Å²) in [5.74, 6) is 0. The van der Waals surface area contributed by atoms with Crippen LogP contribution < -0.4 is 11.2 Å². The summed E-state index contributed by atoms with van der Waals surface area (Å²) < 4.78 is 33.4. The van der Waals surface area contributed by atoms with Gasteiger partial charge in [0.05, 0.1) is 0 Å². The van der Waals surface area contributed by atoms with E-state index in [9.17, 15) is 24.2 Å². The number of H-pyrrole nitrogens is 1. The van der Waals surface area contributed by atoms with Gasteiger partial charge in [0.1, 0.15) is 34.0 Å². The van der Waals surface area contributed by atoms with Gasteiger partial charge in [0.25, 0.3) is 5.56 Å². The van der Waals surface area contributed by atoms with Crippen molar-refractivity contribution in [1.82, 2.24) is 9.55 Å². The van der Waals surface area contributed by atoms with Gasteiger partial charge < -0.3 is 19.5 Å². The van der Waals surface area contributed by atoms with Crippen molar-refractivity contribution in [2.45, 2.75) is 29.9 Å². The lowest BCUT2D eigenvalue weighted by Crippen LogP contribution is -2.51. The van der Waals surface area contributed by atoms with Gasteiger partial charge in [-0.05, 0) is 0 Å². The van der Waals surface area contributed by atoms with Crippen LogP contribution in [0, 0.1) is 0 Å². The number of aliphatic hydroxyl groups is 1. The first kappa shape index (κ1) is 20.1. The van der Waals surface area contributed by atoms with Crippen LogP contribution in [0.1, 0.15) is 6.23 Å². The third-order valence-electron chi connectivity index (χ3n) is 3.77. The van der Waals surface area contributed by atoms with Crippen LogP contribution in [0.25, 0.3) is 0 Å². The number of aromatic nitrogens is 2. The smallest absolute Gasteiger partial charge is 0.405 e. The van der Waals surface area contributed by atoms with E-state index in [4.69, 9.17) is 14.0 Å². The first-order valence-electron chi connectivity index (χ1n) is 7.29. The molecule has 2 rings (SSSR count). The lowest BCUT2D eigenvalue weighted by molar-refractivity contribution is -0.0792. The standard InChI is InChI=1S/C11H19B2N2O9P/c1-21-7-6(24-25(19,20)22-2)8(11(12,13)18)23-9(7)15-4-3-5(16)14-10(15)17/h3-4,6-9,18H,12-13H2,1-2H3,(H,19,20)(H,14,16,17). The molecular weight excluding hydrogens is 357 g/mol. The summed E-state index contributed by atoms with van der Waals surface area (Å²) in [4.78, 5) is 35.0. The van der Waals surface area contributed by atoms with E-state index in [1.165, 1.54) is 29.0 Å². The van der Waals surface area contributed by atoms with Crippen molar-refractivity contribution in [3.63, 3.8) is 0 Å². The third-order valence-corrected chi connectivity index (χ3v) is 4.74. The van der Waals surface area contributed by atoms with Crippen molar-refractivity contribution in [3.05, 3.63) is 33.1 Å². The number of nitrogens with one attached hydrogen (secondary N) is 1. The van der Waals surface area contributed by atoms with Gasteiger partial charge in [0, 0.05) is 31.9 Å². The normalized spacial score (nSPS) is 29.4. The Morgan fingerprint density at radius 1 is 1.36 bits per heavy atom. The molecule has 14 heteroatoms. The molecule has 0 aliphatic carbocycles. The number of ether oxygens (including phenoxy) is 2. The Kier molecular flexibility index (Phi) is 5.79. The molecule has 138 valence electrons. The van der Waals surface area contributed by atoms with Gasteiger partial charge in [-0.25, -0.2) is 9.36 Å². The highest BCUT2D eigenvalue weighted by Gasteiger charge is 2.54. The van der Waals surface area contributed by atoms with Gasteiger partial charge >= 0.3 is 13.5 Å². The van der Waals surface area contributed by atoms with Crippen LogP contribution in [0.15, 0.2) is 21.9 Å².